The van der Waals surface area contributed by atoms with Crippen LogP contribution < -0.4 is 11.2 Å². The first kappa shape index (κ1) is 13.5. The quantitative estimate of drug-likeness (QED) is 0.750. The van der Waals surface area contributed by atoms with Gasteiger partial charge in [0.25, 0.3) is 5.56 Å². The molecule has 1 heterocycles. The highest BCUT2D eigenvalue weighted by Crippen LogP contribution is 2.04. The molecule has 6 nitrogen and oxygen atoms in total. The van der Waals surface area contributed by atoms with Gasteiger partial charge in [0.1, 0.15) is 0 Å². The Bertz CT molecular complexity index is 807. The van der Waals surface area contributed by atoms with E-state index in [-0.39, 0.29) is 12.3 Å². The molecule has 0 aliphatic heterocycles. The van der Waals surface area contributed by atoms with Gasteiger partial charge in [0.2, 0.25) is 0 Å². The summed E-state index contributed by atoms with van der Waals surface area (Å²) >= 11 is 0. The van der Waals surface area contributed by atoms with Crippen LogP contribution in [0.2, 0.25) is 0 Å². The normalized spacial score (nSPS) is 10.0. The van der Waals surface area contributed by atoms with Gasteiger partial charge in [-0.05, 0) is 12.1 Å². The summed E-state index contributed by atoms with van der Waals surface area (Å²) in [6, 6.07) is 9.20. The fourth-order valence-electron chi connectivity index (χ4n) is 1.73. The topological polar surface area (TPSA) is 84.9 Å². The first-order valence-electron chi connectivity index (χ1n) is 5.83. The van der Waals surface area contributed by atoms with Gasteiger partial charge in [0.05, 0.1) is 18.2 Å². The molecule has 0 atom stereocenters. The van der Waals surface area contributed by atoms with Crippen LogP contribution in [0.5, 0.6) is 0 Å². The lowest BCUT2D eigenvalue weighted by Crippen LogP contribution is -2.39. The summed E-state index contributed by atoms with van der Waals surface area (Å²) in [6.45, 7) is -0.321. The van der Waals surface area contributed by atoms with Crippen LogP contribution in [0.1, 0.15) is 15.9 Å². The average Bonchev–Trinajstić information content (AvgIpc) is 2.47. The number of nitriles is 1. The van der Waals surface area contributed by atoms with E-state index in [4.69, 9.17) is 5.26 Å². The van der Waals surface area contributed by atoms with Crippen molar-refractivity contribution < 1.29 is 4.79 Å². The van der Waals surface area contributed by atoms with Crippen LogP contribution in [0.25, 0.3) is 0 Å². The summed E-state index contributed by atoms with van der Waals surface area (Å²) in [4.78, 5) is 35.4. The molecule has 100 valence electrons. The number of hydrogen-bond acceptors (Lipinski definition) is 4. The second-order valence-electron chi connectivity index (χ2n) is 4.25. The molecule has 1 aromatic carbocycles. The Labute approximate surface area is 114 Å². The second kappa shape index (κ2) is 5.36. The average molecular weight is 269 g/mol. The lowest BCUT2D eigenvalue weighted by molar-refractivity contribution is 0.0968. The zero-order valence-corrected chi connectivity index (χ0v) is 10.7. The van der Waals surface area contributed by atoms with Crippen molar-refractivity contribution in [3.05, 3.63) is 68.5 Å². The van der Waals surface area contributed by atoms with E-state index in [1.54, 1.807) is 0 Å². The number of benzene rings is 1. The first-order valence-corrected chi connectivity index (χ1v) is 5.83. The van der Waals surface area contributed by atoms with Gasteiger partial charge in [0.15, 0.2) is 5.78 Å². The summed E-state index contributed by atoms with van der Waals surface area (Å²) in [5.41, 5.74) is -0.272. The van der Waals surface area contributed by atoms with Gasteiger partial charge in [-0.15, -0.1) is 0 Å². The molecular formula is C14H11N3O3. The Morgan fingerprint density at radius 3 is 2.45 bits per heavy atom. The Hall–Kier alpha value is -2.94. The first-order chi connectivity index (χ1) is 9.52. The maximum absolute atomic E-state index is 12.0. The smallest absolute Gasteiger partial charge is 0.303 e. The summed E-state index contributed by atoms with van der Waals surface area (Å²) in [5, 5.41) is 8.68. The van der Waals surface area contributed by atoms with E-state index in [9.17, 15) is 14.4 Å². The highest BCUT2D eigenvalue weighted by Gasteiger charge is 2.11. The van der Waals surface area contributed by atoms with Gasteiger partial charge >= 0.3 is 5.69 Å². The van der Waals surface area contributed by atoms with Crippen LogP contribution in [0.3, 0.4) is 0 Å². The third-order valence-corrected chi connectivity index (χ3v) is 2.88. The van der Waals surface area contributed by atoms with Crippen LogP contribution in [0, 0.1) is 11.3 Å². The monoisotopic (exact) mass is 269 g/mol. The second-order valence-corrected chi connectivity index (χ2v) is 4.25. The largest absolute Gasteiger partial charge is 0.331 e. The molecule has 20 heavy (non-hydrogen) atoms. The number of ketones is 1. The maximum Gasteiger partial charge on any atom is 0.331 e. The molecule has 0 bridgehead atoms. The third kappa shape index (κ3) is 2.57. The van der Waals surface area contributed by atoms with Crippen molar-refractivity contribution in [2.24, 2.45) is 7.05 Å². The fraction of sp³-hybridized carbons (Fsp3) is 0.143. The predicted molar refractivity (Wildman–Crippen MR) is 71.4 cm³/mol. The van der Waals surface area contributed by atoms with E-state index >= 15 is 0 Å². The Morgan fingerprint density at radius 1 is 1.20 bits per heavy atom. The number of hydrogen-bond donors (Lipinski definition) is 0. The lowest BCUT2D eigenvalue weighted by Gasteiger charge is -2.06. The van der Waals surface area contributed by atoms with E-state index in [2.05, 4.69) is 0 Å². The van der Waals surface area contributed by atoms with Crippen LogP contribution >= 0.6 is 0 Å². The molecule has 0 saturated heterocycles. The minimum absolute atomic E-state index is 0.321. The predicted octanol–water partition coefficient (Wildman–Crippen LogP) is 0.302. The van der Waals surface area contributed by atoms with Gasteiger partial charge in [-0.3, -0.25) is 14.2 Å². The minimum Gasteiger partial charge on any atom is -0.303 e. The van der Waals surface area contributed by atoms with E-state index in [1.807, 2.05) is 6.07 Å². The molecule has 0 amide bonds. The number of carbonyl (C=O) groups is 1. The van der Waals surface area contributed by atoms with Crippen molar-refractivity contribution in [2.45, 2.75) is 6.54 Å². The zero-order chi connectivity index (χ0) is 14.7. The summed E-state index contributed by atoms with van der Waals surface area (Å²) in [5.74, 6) is -0.361. The van der Waals surface area contributed by atoms with Crippen molar-refractivity contribution in [3.8, 4) is 6.07 Å². The fourth-order valence-corrected chi connectivity index (χ4v) is 1.73. The number of Topliss-reactive ketones (excluding diaryl/α,β-unsaturated/α-hetero) is 1. The van der Waals surface area contributed by atoms with Crippen molar-refractivity contribution in [1.29, 1.82) is 5.26 Å². The van der Waals surface area contributed by atoms with Crippen molar-refractivity contribution >= 4 is 5.78 Å². The lowest BCUT2D eigenvalue weighted by atomic mass is 10.1. The number of aryl methyl sites for hydroxylation is 1. The molecule has 0 spiro atoms. The Morgan fingerprint density at radius 2 is 1.85 bits per heavy atom. The van der Waals surface area contributed by atoms with Crippen LogP contribution in [0.15, 0.2) is 46.1 Å². The molecule has 0 unspecified atom stereocenters. The molecule has 0 fully saturated rings. The minimum atomic E-state index is -0.542. The van der Waals surface area contributed by atoms with Gasteiger partial charge in [-0.2, -0.15) is 5.26 Å². The molecule has 0 saturated carbocycles. The van der Waals surface area contributed by atoms with Crippen molar-refractivity contribution in [1.82, 2.24) is 9.13 Å². The van der Waals surface area contributed by atoms with E-state index in [0.29, 0.717) is 11.1 Å². The van der Waals surface area contributed by atoms with Gasteiger partial charge in [-0.25, -0.2) is 4.79 Å². The molecule has 2 aromatic rings. The highest BCUT2D eigenvalue weighted by atomic mass is 16.2. The van der Waals surface area contributed by atoms with Crippen molar-refractivity contribution in [3.63, 3.8) is 0 Å². The zero-order valence-electron chi connectivity index (χ0n) is 10.7. The van der Waals surface area contributed by atoms with Gasteiger partial charge in [-0.1, -0.05) is 12.1 Å². The van der Waals surface area contributed by atoms with Crippen LogP contribution in [-0.2, 0) is 13.6 Å². The third-order valence-electron chi connectivity index (χ3n) is 2.88. The summed E-state index contributed by atoms with van der Waals surface area (Å²) in [7, 11) is 1.50. The van der Waals surface area contributed by atoms with E-state index < -0.39 is 11.2 Å². The molecule has 0 aliphatic rings. The number of nitrogens with zero attached hydrogens (tertiary/aromatic N) is 3. The molecular weight excluding hydrogens is 258 g/mol. The van der Waals surface area contributed by atoms with Crippen molar-refractivity contribution in [2.75, 3.05) is 0 Å². The van der Waals surface area contributed by atoms with Crippen LogP contribution in [0.4, 0.5) is 0 Å². The highest BCUT2D eigenvalue weighted by molar-refractivity contribution is 5.95. The van der Waals surface area contributed by atoms with E-state index in [1.165, 1.54) is 48.1 Å². The molecule has 0 N–H and O–H groups in total. The van der Waals surface area contributed by atoms with E-state index in [0.717, 1.165) is 4.57 Å². The molecule has 2 rings (SSSR count). The number of rotatable bonds is 3. The number of carbonyl (C=O) groups excluding carboxylic acids is 1. The molecule has 0 radical (unpaired) electrons. The van der Waals surface area contributed by atoms with Gasteiger partial charge < -0.3 is 4.57 Å². The van der Waals surface area contributed by atoms with Crippen LogP contribution in [-0.4, -0.2) is 14.9 Å². The number of aromatic nitrogens is 2. The maximum atomic E-state index is 12.0. The molecule has 1 aromatic heterocycles. The summed E-state index contributed by atoms with van der Waals surface area (Å²) in [6.07, 6.45) is 1.35. The standard InChI is InChI=1S/C14H11N3O3/c1-16-7-6-13(19)17(14(16)20)9-12(18)11-4-2-10(8-15)3-5-11/h2-7H,9H2,1H3. The molecule has 0 aliphatic carbocycles. The molecule has 6 heteroatoms. The van der Waals surface area contributed by atoms with Gasteiger partial charge in [0, 0.05) is 24.9 Å². The Balaban J connectivity index is 2.33. The SMILES string of the molecule is Cn1ccc(=O)n(CC(=O)c2ccc(C#N)cc2)c1=O. The summed E-state index contributed by atoms with van der Waals surface area (Å²) < 4.78 is 2.11. The Kier molecular flexibility index (Phi) is 3.62.